The second kappa shape index (κ2) is 8.93. The van der Waals surface area contributed by atoms with Crippen LogP contribution in [0.5, 0.6) is 0 Å². The molecular formula is C25H21ClFN3O2. The molecule has 0 aliphatic carbocycles. The summed E-state index contributed by atoms with van der Waals surface area (Å²) in [4.78, 5) is 31.5. The highest BCUT2D eigenvalue weighted by Gasteiger charge is 2.28. The van der Waals surface area contributed by atoms with Crippen LogP contribution in [0.15, 0.2) is 65.7 Å². The van der Waals surface area contributed by atoms with E-state index in [0.29, 0.717) is 27.7 Å². The van der Waals surface area contributed by atoms with Gasteiger partial charge in [0.05, 0.1) is 11.4 Å². The number of benzodiazepines with no additional fused rings is 1. The number of hydrogen-bond acceptors (Lipinski definition) is 3. The molecule has 4 rings (SSSR count). The summed E-state index contributed by atoms with van der Waals surface area (Å²) in [5.74, 6) is -1.16. The van der Waals surface area contributed by atoms with Crippen molar-refractivity contribution >= 4 is 40.5 Å². The standard InChI is InChI=1S/C25H21ClFN3O2/c1-15-6-5-9-21(16(15)2)29-23(31)14-30-22-11-10-17(26)12-19(22)25(28-13-24(30)32)18-7-3-4-8-20(18)27/h3-12H,13-14H2,1-2H3,(H,29,31). The highest BCUT2D eigenvalue weighted by Crippen LogP contribution is 2.30. The Kier molecular flexibility index (Phi) is 6.06. The molecular weight excluding hydrogens is 429 g/mol. The third kappa shape index (κ3) is 4.27. The molecule has 2 amide bonds. The van der Waals surface area contributed by atoms with Crippen LogP contribution < -0.4 is 10.2 Å². The number of carbonyl (C=O) groups is 2. The number of benzene rings is 3. The van der Waals surface area contributed by atoms with Gasteiger partial charge in [0, 0.05) is 21.8 Å². The van der Waals surface area contributed by atoms with E-state index in [9.17, 15) is 14.0 Å². The van der Waals surface area contributed by atoms with Crippen molar-refractivity contribution in [3.05, 3.63) is 93.8 Å². The molecule has 5 nitrogen and oxygen atoms in total. The maximum atomic E-state index is 14.5. The summed E-state index contributed by atoms with van der Waals surface area (Å²) in [5, 5.41) is 3.30. The summed E-state index contributed by atoms with van der Waals surface area (Å²) >= 11 is 6.22. The molecule has 0 unspecified atom stereocenters. The van der Waals surface area contributed by atoms with Gasteiger partial charge in [-0.25, -0.2) is 4.39 Å². The SMILES string of the molecule is Cc1cccc(NC(=O)CN2C(=O)CN=C(c3ccccc3F)c3cc(Cl)ccc32)c1C. The summed E-state index contributed by atoms with van der Waals surface area (Å²) in [5.41, 5.74) is 4.24. The molecule has 1 N–H and O–H groups in total. The average molecular weight is 450 g/mol. The van der Waals surface area contributed by atoms with Gasteiger partial charge < -0.3 is 10.2 Å². The molecule has 0 radical (unpaired) electrons. The third-order valence-corrected chi connectivity index (χ3v) is 5.72. The number of aliphatic imine (C=N–C) groups is 1. The van der Waals surface area contributed by atoms with Crippen molar-refractivity contribution in [1.82, 2.24) is 0 Å². The van der Waals surface area contributed by atoms with Crippen LogP contribution >= 0.6 is 11.6 Å². The molecule has 0 fully saturated rings. The van der Waals surface area contributed by atoms with Crippen molar-refractivity contribution in [3.8, 4) is 0 Å². The van der Waals surface area contributed by atoms with Crippen LogP contribution in [0.3, 0.4) is 0 Å². The van der Waals surface area contributed by atoms with E-state index in [1.807, 2.05) is 32.0 Å². The van der Waals surface area contributed by atoms with E-state index in [1.165, 1.54) is 11.0 Å². The number of fused-ring (bicyclic) bond motifs is 1. The average Bonchev–Trinajstić information content (AvgIpc) is 2.89. The highest BCUT2D eigenvalue weighted by atomic mass is 35.5. The monoisotopic (exact) mass is 449 g/mol. The predicted octanol–water partition coefficient (Wildman–Crippen LogP) is 4.92. The summed E-state index contributed by atoms with van der Waals surface area (Å²) in [6.07, 6.45) is 0. The molecule has 1 aliphatic heterocycles. The number of amides is 2. The Bertz CT molecular complexity index is 1260. The summed E-state index contributed by atoms with van der Waals surface area (Å²) in [6, 6.07) is 16.8. The molecule has 0 saturated heterocycles. The number of carbonyl (C=O) groups excluding carboxylic acids is 2. The van der Waals surface area contributed by atoms with Gasteiger partial charge in [-0.15, -0.1) is 0 Å². The van der Waals surface area contributed by atoms with Crippen LogP contribution in [0.1, 0.15) is 22.3 Å². The van der Waals surface area contributed by atoms with E-state index >= 15 is 0 Å². The Balaban J connectivity index is 1.70. The van der Waals surface area contributed by atoms with Crippen LogP contribution in [0, 0.1) is 19.7 Å². The number of nitrogens with one attached hydrogen (secondary N) is 1. The molecule has 0 saturated carbocycles. The molecule has 7 heteroatoms. The topological polar surface area (TPSA) is 61.8 Å². The minimum atomic E-state index is -0.453. The third-order valence-electron chi connectivity index (χ3n) is 5.49. The lowest BCUT2D eigenvalue weighted by Gasteiger charge is -2.23. The maximum Gasteiger partial charge on any atom is 0.249 e. The second-order valence-electron chi connectivity index (χ2n) is 7.58. The first kappa shape index (κ1) is 21.7. The maximum absolute atomic E-state index is 14.5. The van der Waals surface area contributed by atoms with Gasteiger partial charge >= 0.3 is 0 Å². The molecule has 1 aliphatic rings. The Morgan fingerprint density at radius 1 is 1.09 bits per heavy atom. The van der Waals surface area contributed by atoms with Crippen molar-refractivity contribution in [2.75, 3.05) is 23.3 Å². The highest BCUT2D eigenvalue weighted by molar-refractivity contribution is 6.32. The van der Waals surface area contributed by atoms with Crippen molar-refractivity contribution in [3.63, 3.8) is 0 Å². The van der Waals surface area contributed by atoms with E-state index in [0.717, 1.165) is 11.1 Å². The quantitative estimate of drug-likeness (QED) is 0.614. The summed E-state index contributed by atoms with van der Waals surface area (Å²) < 4.78 is 14.5. The molecule has 0 spiro atoms. The fourth-order valence-electron chi connectivity index (χ4n) is 3.66. The summed E-state index contributed by atoms with van der Waals surface area (Å²) in [7, 11) is 0. The zero-order chi connectivity index (χ0) is 22.8. The van der Waals surface area contributed by atoms with Crippen LogP contribution in [-0.4, -0.2) is 30.6 Å². The number of hydrogen-bond donors (Lipinski definition) is 1. The van der Waals surface area contributed by atoms with Gasteiger partial charge in [0.25, 0.3) is 0 Å². The van der Waals surface area contributed by atoms with Gasteiger partial charge in [-0.3, -0.25) is 14.6 Å². The fraction of sp³-hybridized carbons (Fsp3) is 0.160. The Hall–Kier alpha value is -3.51. The van der Waals surface area contributed by atoms with Gasteiger partial charge in [-0.2, -0.15) is 0 Å². The van der Waals surface area contributed by atoms with Gasteiger partial charge in [0.1, 0.15) is 18.9 Å². The molecule has 32 heavy (non-hydrogen) atoms. The molecule has 1 heterocycles. The van der Waals surface area contributed by atoms with Crippen LogP contribution in [0.4, 0.5) is 15.8 Å². The number of rotatable bonds is 4. The van der Waals surface area contributed by atoms with Crippen LogP contribution in [-0.2, 0) is 9.59 Å². The van der Waals surface area contributed by atoms with Crippen molar-refractivity contribution in [2.24, 2.45) is 4.99 Å². The first-order valence-electron chi connectivity index (χ1n) is 10.1. The zero-order valence-corrected chi connectivity index (χ0v) is 18.4. The first-order chi connectivity index (χ1) is 15.3. The van der Waals surface area contributed by atoms with Gasteiger partial charge in [-0.05, 0) is 61.4 Å². The van der Waals surface area contributed by atoms with E-state index < -0.39 is 5.82 Å². The van der Waals surface area contributed by atoms with Crippen molar-refractivity contribution in [1.29, 1.82) is 0 Å². The second-order valence-corrected chi connectivity index (χ2v) is 8.02. The van der Waals surface area contributed by atoms with E-state index in [2.05, 4.69) is 10.3 Å². The first-order valence-corrected chi connectivity index (χ1v) is 10.5. The van der Waals surface area contributed by atoms with E-state index in [1.54, 1.807) is 36.4 Å². The molecule has 0 bridgehead atoms. The smallest absolute Gasteiger partial charge is 0.249 e. The fourth-order valence-corrected chi connectivity index (χ4v) is 3.83. The largest absolute Gasteiger partial charge is 0.324 e. The van der Waals surface area contributed by atoms with Gasteiger partial charge in [0.15, 0.2) is 0 Å². The normalized spacial score (nSPS) is 13.3. The predicted molar refractivity (Wildman–Crippen MR) is 125 cm³/mol. The molecule has 3 aromatic rings. The minimum absolute atomic E-state index is 0.207. The van der Waals surface area contributed by atoms with E-state index in [-0.39, 0.29) is 30.5 Å². The Morgan fingerprint density at radius 2 is 1.88 bits per heavy atom. The summed E-state index contributed by atoms with van der Waals surface area (Å²) in [6.45, 7) is 3.46. The zero-order valence-electron chi connectivity index (χ0n) is 17.7. The van der Waals surface area contributed by atoms with Crippen molar-refractivity contribution in [2.45, 2.75) is 13.8 Å². The van der Waals surface area contributed by atoms with E-state index in [4.69, 9.17) is 11.6 Å². The number of aryl methyl sites for hydroxylation is 1. The van der Waals surface area contributed by atoms with Crippen LogP contribution in [0.2, 0.25) is 5.02 Å². The molecule has 0 atom stereocenters. The Labute approximate surface area is 190 Å². The lowest BCUT2D eigenvalue weighted by atomic mass is 9.99. The number of halogens is 2. The Morgan fingerprint density at radius 3 is 2.66 bits per heavy atom. The van der Waals surface area contributed by atoms with Gasteiger partial charge in [-0.1, -0.05) is 35.9 Å². The molecule has 3 aromatic carbocycles. The molecule has 162 valence electrons. The van der Waals surface area contributed by atoms with Gasteiger partial charge in [0.2, 0.25) is 11.8 Å². The lowest BCUT2D eigenvalue weighted by Crippen LogP contribution is -2.39. The molecule has 0 aromatic heterocycles. The number of anilines is 2. The minimum Gasteiger partial charge on any atom is -0.324 e. The van der Waals surface area contributed by atoms with Crippen molar-refractivity contribution < 1.29 is 14.0 Å². The van der Waals surface area contributed by atoms with Crippen LogP contribution in [0.25, 0.3) is 0 Å². The lowest BCUT2D eigenvalue weighted by molar-refractivity contribution is -0.120. The number of nitrogens with zero attached hydrogens (tertiary/aromatic N) is 2.